The fraction of sp³-hybridized carbons (Fsp3) is 0.429. The third-order valence-electron chi connectivity index (χ3n) is 2.57. The number of carboxylic acid groups (broad SMARTS) is 1. The molecule has 0 saturated heterocycles. The molecule has 0 fully saturated rings. The second-order valence-corrected chi connectivity index (χ2v) is 4.53. The molecule has 1 unspecified atom stereocenters. The fourth-order valence-electron chi connectivity index (χ4n) is 1.76. The van der Waals surface area contributed by atoms with Crippen LogP contribution in [-0.2, 0) is 9.59 Å². The topological polar surface area (TPSA) is 75.6 Å². The molecule has 0 spiro atoms. The monoisotopic (exact) mass is 283 g/mol. The standard InChI is InChI=1S/C14H18FNO4/c1-3-20-12-8-10(15)4-5-11(12)16-13(17)6-9(2)7-14(18)19/h4-5,8-9H,3,6-7H2,1-2H3,(H,16,17)(H,18,19). The number of carboxylic acids is 1. The van der Waals surface area contributed by atoms with Gasteiger partial charge in [-0.05, 0) is 25.0 Å². The van der Waals surface area contributed by atoms with Gasteiger partial charge in [-0.2, -0.15) is 0 Å². The average Bonchev–Trinajstić information content (AvgIpc) is 2.31. The van der Waals surface area contributed by atoms with Gasteiger partial charge in [0.15, 0.2) is 0 Å². The third-order valence-corrected chi connectivity index (χ3v) is 2.57. The number of ether oxygens (including phenoxy) is 1. The van der Waals surface area contributed by atoms with Crippen LogP contribution in [0.5, 0.6) is 5.75 Å². The Morgan fingerprint density at radius 1 is 1.40 bits per heavy atom. The van der Waals surface area contributed by atoms with Gasteiger partial charge in [-0.15, -0.1) is 0 Å². The highest BCUT2D eigenvalue weighted by molar-refractivity contribution is 5.92. The molecule has 1 atom stereocenters. The summed E-state index contributed by atoms with van der Waals surface area (Å²) in [4.78, 5) is 22.3. The second-order valence-electron chi connectivity index (χ2n) is 4.53. The minimum absolute atomic E-state index is 0.0743. The van der Waals surface area contributed by atoms with Gasteiger partial charge in [-0.3, -0.25) is 9.59 Å². The molecule has 6 heteroatoms. The minimum Gasteiger partial charge on any atom is -0.492 e. The lowest BCUT2D eigenvalue weighted by Crippen LogP contribution is -2.17. The van der Waals surface area contributed by atoms with Crippen LogP contribution in [0.1, 0.15) is 26.7 Å². The van der Waals surface area contributed by atoms with Gasteiger partial charge in [0, 0.05) is 18.9 Å². The van der Waals surface area contributed by atoms with Crippen LogP contribution >= 0.6 is 0 Å². The van der Waals surface area contributed by atoms with Crippen molar-refractivity contribution in [2.45, 2.75) is 26.7 Å². The molecule has 2 N–H and O–H groups in total. The second kappa shape index (κ2) is 7.47. The molecule has 5 nitrogen and oxygen atoms in total. The lowest BCUT2D eigenvalue weighted by Gasteiger charge is -2.13. The molecular formula is C14H18FNO4. The van der Waals surface area contributed by atoms with E-state index in [0.29, 0.717) is 12.3 Å². The van der Waals surface area contributed by atoms with Crippen molar-refractivity contribution >= 4 is 17.6 Å². The highest BCUT2D eigenvalue weighted by Gasteiger charge is 2.14. The Kier molecular flexibility index (Phi) is 5.96. The molecule has 1 aromatic carbocycles. The van der Waals surface area contributed by atoms with Gasteiger partial charge >= 0.3 is 5.97 Å². The molecule has 20 heavy (non-hydrogen) atoms. The molecule has 1 amide bonds. The van der Waals surface area contributed by atoms with E-state index in [1.807, 2.05) is 0 Å². The quantitative estimate of drug-likeness (QED) is 0.806. The van der Waals surface area contributed by atoms with Gasteiger partial charge < -0.3 is 15.2 Å². The predicted octanol–water partition coefficient (Wildman–Crippen LogP) is 2.66. The number of hydrogen-bond donors (Lipinski definition) is 2. The fourth-order valence-corrected chi connectivity index (χ4v) is 1.76. The number of aliphatic carboxylic acids is 1. The Bertz CT molecular complexity index is 490. The number of hydrogen-bond acceptors (Lipinski definition) is 3. The van der Waals surface area contributed by atoms with Crippen molar-refractivity contribution < 1.29 is 23.8 Å². The van der Waals surface area contributed by atoms with Crippen LogP contribution in [0, 0.1) is 11.7 Å². The molecule has 0 aliphatic heterocycles. The van der Waals surface area contributed by atoms with E-state index in [-0.39, 0.29) is 30.4 Å². The summed E-state index contributed by atoms with van der Waals surface area (Å²) in [5, 5.41) is 11.2. The average molecular weight is 283 g/mol. The van der Waals surface area contributed by atoms with E-state index in [2.05, 4.69) is 5.32 Å². The summed E-state index contributed by atoms with van der Waals surface area (Å²) in [6.07, 6.45) is 0.00436. The number of carbonyl (C=O) groups excluding carboxylic acids is 1. The third kappa shape index (κ3) is 5.26. The van der Waals surface area contributed by atoms with Gasteiger partial charge in [0.05, 0.1) is 12.3 Å². The first-order chi connectivity index (χ1) is 9.42. The molecule has 0 bridgehead atoms. The van der Waals surface area contributed by atoms with E-state index in [1.54, 1.807) is 13.8 Å². The van der Waals surface area contributed by atoms with Crippen molar-refractivity contribution in [3.05, 3.63) is 24.0 Å². The van der Waals surface area contributed by atoms with E-state index < -0.39 is 11.8 Å². The summed E-state index contributed by atoms with van der Waals surface area (Å²) < 4.78 is 18.3. The van der Waals surface area contributed by atoms with E-state index in [9.17, 15) is 14.0 Å². The van der Waals surface area contributed by atoms with Crippen molar-refractivity contribution in [3.8, 4) is 5.75 Å². The highest BCUT2D eigenvalue weighted by Crippen LogP contribution is 2.26. The normalized spacial score (nSPS) is 11.8. The first kappa shape index (κ1) is 15.9. The number of amides is 1. The van der Waals surface area contributed by atoms with Gasteiger partial charge in [-0.25, -0.2) is 4.39 Å². The highest BCUT2D eigenvalue weighted by atomic mass is 19.1. The maximum atomic E-state index is 13.1. The van der Waals surface area contributed by atoms with E-state index in [4.69, 9.17) is 9.84 Å². The zero-order valence-electron chi connectivity index (χ0n) is 11.5. The van der Waals surface area contributed by atoms with Crippen molar-refractivity contribution in [2.75, 3.05) is 11.9 Å². The van der Waals surface area contributed by atoms with Crippen molar-refractivity contribution in [3.63, 3.8) is 0 Å². The summed E-state index contributed by atoms with van der Waals surface area (Å²) in [6.45, 7) is 3.79. The van der Waals surface area contributed by atoms with Crippen molar-refractivity contribution in [1.29, 1.82) is 0 Å². The molecule has 0 radical (unpaired) electrons. The van der Waals surface area contributed by atoms with Crippen LogP contribution in [-0.4, -0.2) is 23.6 Å². The van der Waals surface area contributed by atoms with E-state index in [0.717, 1.165) is 0 Å². The first-order valence-electron chi connectivity index (χ1n) is 6.36. The zero-order valence-corrected chi connectivity index (χ0v) is 11.5. The molecule has 0 saturated carbocycles. The maximum absolute atomic E-state index is 13.1. The zero-order chi connectivity index (χ0) is 15.1. The number of nitrogens with one attached hydrogen (secondary N) is 1. The number of anilines is 1. The Labute approximate surface area is 116 Å². The van der Waals surface area contributed by atoms with Crippen LogP contribution in [0.3, 0.4) is 0 Å². The maximum Gasteiger partial charge on any atom is 0.303 e. The molecule has 0 aliphatic carbocycles. The molecule has 1 rings (SSSR count). The molecule has 0 heterocycles. The van der Waals surface area contributed by atoms with Crippen molar-refractivity contribution in [1.82, 2.24) is 0 Å². The number of halogens is 1. The van der Waals surface area contributed by atoms with Crippen LogP contribution < -0.4 is 10.1 Å². The van der Waals surface area contributed by atoms with Gasteiger partial charge in [0.25, 0.3) is 0 Å². The summed E-state index contributed by atoms with van der Waals surface area (Å²) in [7, 11) is 0. The van der Waals surface area contributed by atoms with E-state index >= 15 is 0 Å². The lowest BCUT2D eigenvalue weighted by molar-refractivity contribution is -0.138. The van der Waals surface area contributed by atoms with Gasteiger partial charge in [0.1, 0.15) is 11.6 Å². The molecule has 0 aromatic heterocycles. The van der Waals surface area contributed by atoms with Crippen molar-refractivity contribution in [2.24, 2.45) is 5.92 Å². The SMILES string of the molecule is CCOc1cc(F)ccc1NC(=O)CC(C)CC(=O)O. The molecular weight excluding hydrogens is 265 g/mol. The summed E-state index contributed by atoms with van der Waals surface area (Å²) in [5.74, 6) is -1.74. The lowest BCUT2D eigenvalue weighted by atomic mass is 10.0. The molecule has 110 valence electrons. The van der Waals surface area contributed by atoms with E-state index in [1.165, 1.54) is 18.2 Å². The Morgan fingerprint density at radius 2 is 2.10 bits per heavy atom. The van der Waals surface area contributed by atoms with Crippen LogP contribution in [0.15, 0.2) is 18.2 Å². The largest absolute Gasteiger partial charge is 0.492 e. The van der Waals surface area contributed by atoms with Gasteiger partial charge in [-0.1, -0.05) is 6.92 Å². The first-order valence-corrected chi connectivity index (χ1v) is 6.36. The number of carbonyl (C=O) groups is 2. The van der Waals surface area contributed by atoms with Crippen LogP contribution in [0.2, 0.25) is 0 Å². The number of rotatable bonds is 7. The van der Waals surface area contributed by atoms with Gasteiger partial charge in [0.2, 0.25) is 5.91 Å². The minimum atomic E-state index is -0.943. The Hall–Kier alpha value is -2.11. The Balaban J connectivity index is 2.67. The summed E-state index contributed by atoms with van der Waals surface area (Å²) in [6, 6.07) is 3.83. The summed E-state index contributed by atoms with van der Waals surface area (Å²) in [5.41, 5.74) is 0.376. The van der Waals surface area contributed by atoms with Crippen LogP contribution in [0.25, 0.3) is 0 Å². The smallest absolute Gasteiger partial charge is 0.303 e. The predicted molar refractivity (Wildman–Crippen MR) is 72.2 cm³/mol. The van der Waals surface area contributed by atoms with Crippen LogP contribution in [0.4, 0.5) is 10.1 Å². The Morgan fingerprint density at radius 3 is 2.70 bits per heavy atom. The number of benzene rings is 1. The molecule has 0 aliphatic rings. The molecule has 1 aromatic rings. The summed E-state index contributed by atoms with van der Waals surface area (Å²) >= 11 is 0.